The van der Waals surface area contributed by atoms with Crippen LogP contribution in [0.15, 0.2) is 12.7 Å². The third-order valence-corrected chi connectivity index (χ3v) is 15.2. The number of aliphatic hydroxyl groups excluding tert-OH is 1. The molecular weight excluding hydrogens is 466 g/mol. The van der Waals surface area contributed by atoms with Gasteiger partial charge in [-0.05, 0) is 22.2 Å². The number of aliphatic hydroxyl groups is 1. The molecule has 0 spiro atoms. The summed E-state index contributed by atoms with van der Waals surface area (Å²) in [6, 6.07) is 0. The molecule has 1 aliphatic heterocycles. The van der Waals surface area contributed by atoms with E-state index in [1.54, 1.807) is 6.33 Å². The average Bonchev–Trinajstić information content (AvgIpc) is 3.30. The molecule has 2 aromatic heterocycles. The highest BCUT2D eigenvalue weighted by molar-refractivity contribution is 6.78. The molecule has 11 heteroatoms. The molecule has 1 fully saturated rings. The first kappa shape index (κ1) is 27.2. The van der Waals surface area contributed by atoms with Crippen LogP contribution < -0.4 is 5.73 Å². The quantitative estimate of drug-likeness (QED) is 0.453. The monoisotopic (exact) mass is 508 g/mol. The molecule has 34 heavy (non-hydrogen) atoms. The zero-order valence-electron chi connectivity index (χ0n) is 22.0. The summed E-state index contributed by atoms with van der Waals surface area (Å²) in [7, 11) is -3.67. The number of rotatable bonds is 10. The van der Waals surface area contributed by atoms with E-state index in [2.05, 4.69) is 70.3 Å². The number of nitrogens with two attached hydrogens (primary N) is 1. The van der Waals surface area contributed by atoms with Crippen LogP contribution in [-0.2, 0) is 13.3 Å². The Balaban J connectivity index is 1.82. The Morgan fingerprint density at radius 3 is 2.26 bits per heavy atom. The lowest BCUT2D eigenvalue weighted by Crippen LogP contribution is -2.54. The molecule has 3 heterocycles. The maximum absolute atomic E-state index is 11.1. The molecule has 4 atom stereocenters. The second-order valence-electron chi connectivity index (χ2n) is 10.7. The van der Waals surface area contributed by atoms with Crippen molar-refractivity contribution >= 4 is 34.6 Å². The fourth-order valence-corrected chi connectivity index (χ4v) is 14.2. The zero-order chi connectivity index (χ0) is 25.4. The van der Waals surface area contributed by atoms with Crippen molar-refractivity contribution < 1.29 is 18.4 Å². The largest absolute Gasteiger partial charge is 0.435 e. The Kier molecular flexibility index (Phi) is 8.57. The van der Waals surface area contributed by atoms with Gasteiger partial charge in [0.15, 0.2) is 11.5 Å². The van der Waals surface area contributed by atoms with Gasteiger partial charge in [0.25, 0.3) is 0 Å². The van der Waals surface area contributed by atoms with Crippen molar-refractivity contribution in [3.63, 3.8) is 0 Å². The molecule has 1 aliphatic rings. The van der Waals surface area contributed by atoms with Gasteiger partial charge in [0, 0.05) is 5.92 Å². The van der Waals surface area contributed by atoms with E-state index < -0.39 is 36.0 Å². The van der Waals surface area contributed by atoms with E-state index in [1.165, 1.54) is 6.33 Å². The Morgan fingerprint density at radius 2 is 1.71 bits per heavy atom. The third kappa shape index (κ3) is 5.10. The molecule has 3 rings (SSSR count). The number of aromatic nitrogens is 4. The lowest BCUT2D eigenvalue weighted by atomic mass is 10.0. The number of ether oxygens (including phenoxy) is 1. The SMILES string of the molecule is CC(C)[Si](O[Si](OC[C@H]1O[C@@H](n2cnc3c(N)ncnc32)[C@H](C)C1O)(C(C)C)C(C)C)C(C)C. The van der Waals surface area contributed by atoms with E-state index in [-0.39, 0.29) is 17.0 Å². The number of hydrogen-bond acceptors (Lipinski definition) is 8. The summed E-state index contributed by atoms with van der Waals surface area (Å²) in [5.41, 5.74) is 8.59. The van der Waals surface area contributed by atoms with Crippen LogP contribution in [0.3, 0.4) is 0 Å². The number of nitrogen functional groups attached to an aromatic ring is 1. The Morgan fingerprint density at radius 1 is 1.09 bits per heavy atom. The van der Waals surface area contributed by atoms with E-state index in [0.717, 1.165) is 0 Å². The summed E-state index contributed by atoms with van der Waals surface area (Å²) in [5.74, 6) is 0.146. The molecule has 0 aliphatic carbocycles. The molecule has 1 radical (unpaired) electrons. The molecule has 0 saturated carbocycles. The van der Waals surface area contributed by atoms with Crippen LogP contribution in [0.4, 0.5) is 5.82 Å². The molecule has 1 saturated heterocycles. The van der Waals surface area contributed by atoms with Crippen LogP contribution in [0.2, 0.25) is 22.2 Å². The first-order chi connectivity index (χ1) is 15.9. The summed E-state index contributed by atoms with van der Waals surface area (Å²) < 4.78 is 21.9. The zero-order valence-corrected chi connectivity index (χ0v) is 24.0. The highest BCUT2D eigenvalue weighted by Gasteiger charge is 2.50. The fraction of sp³-hybridized carbons (Fsp3) is 0.783. The van der Waals surface area contributed by atoms with Gasteiger partial charge >= 0.3 is 8.56 Å². The number of fused-ring (bicyclic) bond motifs is 1. The van der Waals surface area contributed by atoms with E-state index in [4.69, 9.17) is 19.0 Å². The third-order valence-electron chi connectivity index (χ3n) is 6.84. The topological polar surface area (TPSA) is 118 Å². The van der Waals surface area contributed by atoms with Gasteiger partial charge in [0.2, 0.25) is 9.04 Å². The summed E-state index contributed by atoms with van der Waals surface area (Å²) in [5, 5.41) is 11.1. The van der Waals surface area contributed by atoms with Gasteiger partial charge in [0.1, 0.15) is 24.2 Å². The van der Waals surface area contributed by atoms with Gasteiger partial charge in [-0.25, -0.2) is 15.0 Å². The van der Waals surface area contributed by atoms with Crippen LogP contribution in [-0.4, -0.2) is 61.0 Å². The van der Waals surface area contributed by atoms with E-state index in [0.29, 0.717) is 34.7 Å². The minimum absolute atomic E-state index is 0.178. The fourth-order valence-electron chi connectivity index (χ4n) is 4.97. The van der Waals surface area contributed by atoms with Crippen molar-refractivity contribution in [1.29, 1.82) is 0 Å². The van der Waals surface area contributed by atoms with Gasteiger partial charge in [0.05, 0.1) is 19.0 Å². The van der Waals surface area contributed by atoms with Gasteiger partial charge < -0.3 is 24.1 Å². The molecule has 9 nitrogen and oxygen atoms in total. The predicted molar refractivity (Wildman–Crippen MR) is 138 cm³/mol. The van der Waals surface area contributed by atoms with E-state index in [1.807, 2.05) is 11.5 Å². The van der Waals surface area contributed by atoms with Crippen LogP contribution in [0.25, 0.3) is 11.2 Å². The summed E-state index contributed by atoms with van der Waals surface area (Å²) in [4.78, 5) is 12.7. The van der Waals surface area contributed by atoms with E-state index >= 15 is 0 Å². The average molecular weight is 509 g/mol. The highest BCUT2D eigenvalue weighted by atomic mass is 28.4. The number of imidazole rings is 1. The maximum Gasteiger partial charge on any atom is 0.333 e. The minimum Gasteiger partial charge on any atom is -0.435 e. The van der Waals surface area contributed by atoms with Gasteiger partial charge in [-0.2, -0.15) is 0 Å². The van der Waals surface area contributed by atoms with Crippen molar-refractivity contribution in [3.05, 3.63) is 12.7 Å². The molecule has 2 aromatic rings. The molecule has 1 unspecified atom stereocenters. The van der Waals surface area contributed by atoms with Crippen molar-refractivity contribution in [3.8, 4) is 0 Å². The first-order valence-electron chi connectivity index (χ1n) is 12.4. The van der Waals surface area contributed by atoms with Gasteiger partial charge in [-0.1, -0.05) is 62.3 Å². The first-order valence-corrected chi connectivity index (χ1v) is 15.9. The molecule has 0 amide bonds. The molecule has 191 valence electrons. The lowest BCUT2D eigenvalue weighted by molar-refractivity contribution is -0.0454. The normalized spacial score (nSPS) is 24.1. The van der Waals surface area contributed by atoms with Crippen molar-refractivity contribution in [2.75, 3.05) is 12.3 Å². The van der Waals surface area contributed by atoms with Crippen LogP contribution in [0, 0.1) is 5.92 Å². The van der Waals surface area contributed by atoms with Crippen molar-refractivity contribution in [2.45, 2.75) is 103 Å². The summed E-state index contributed by atoms with van der Waals surface area (Å²) in [6.07, 6.45) is 1.48. The molecule has 3 N–H and O–H groups in total. The molecular formula is C23H42N5O4Si2. The second-order valence-corrected chi connectivity index (χ2v) is 18.6. The standard InChI is InChI=1S/C23H42N5O4Si2/c1-13(2)33(14(3)4)32-34(15(5)6,16(7)8)30-10-18-20(29)17(9)23(31-18)28-12-27-19-21(24)25-11-26-22(19)28/h11-18,20,23,29H,10H2,1-9H3,(H2,24,25,26)/t17-,18-,20?,23-/m1/s1. The second kappa shape index (κ2) is 10.7. The summed E-state index contributed by atoms with van der Waals surface area (Å²) >= 11 is 0. The van der Waals surface area contributed by atoms with Gasteiger partial charge in [-0.3, -0.25) is 4.57 Å². The summed E-state index contributed by atoms with van der Waals surface area (Å²) in [6.45, 7) is 20.0. The maximum atomic E-state index is 11.1. The predicted octanol–water partition coefficient (Wildman–Crippen LogP) is 4.41. The molecule has 0 aromatic carbocycles. The van der Waals surface area contributed by atoms with Crippen molar-refractivity contribution in [2.24, 2.45) is 5.92 Å². The van der Waals surface area contributed by atoms with Crippen LogP contribution >= 0.6 is 0 Å². The molecule has 0 bridgehead atoms. The Labute approximate surface area is 206 Å². The number of nitrogens with zero attached hydrogens (tertiary/aromatic N) is 4. The Hall–Kier alpha value is -1.38. The number of hydrogen-bond donors (Lipinski definition) is 2. The van der Waals surface area contributed by atoms with Gasteiger partial charge in [-0.15, -0.1) is 0 Å². The number of anilines is 1. The minimum atomic E-state index is -2.60. The smallest absolute Gasteiger partial charge is 0.333 e. The van der Waals surface area contributed by atoms with Crippen LogP contribution in [0.1, 0.15) is 68.5 Å². The Bertz CT molecular complexity index is 939. The van der Waals surface area contributed by atoms with Crippen molar-refractivity contribution in [1.82, 2.24) is 19.5 Å². The highest BCUT2D eigenvalue weighted by Crippen LogP contribution is 2.41. The lowest BCUT2D eigenvalue weighted by Gasteiger charge is -2.42. The van der Waals surface area contributed by atoms with Crippen LogP contribution in [0.5, 0.6) is 0 Å². The van der Waals surface area contributed by atoms with E-state index in [9.17, 15) is 5.11 Å².